The van der Waals surface area contributed by atoms with Crippen molar-refractivity contribution in [1.29, 1.82) is 0 Å². The van der Waals surface area contributed by atoms with Crippen LogP contribution >= 0.6 is 0 Å². The minimum atomic E-state index is -0.0199. The normalized spacial score (nSPS) is 24.7. The summed E-state index contributed by atoms with van der Waals surface area (Å²) in [6, 6.07) is 4.24. The van der Waals surface area contributed by atoms with E-state index in [4.69, 9.17) is 0 Å². The van der Waals surface area contributed by atoms with E-state index >= 15 is 0 Å². The highest BCUT2D eigenvalue weighted by atomic mass is 16.2. The van der Waals surface area contributed by atoms with Crippen LogP contribution in [0.3, 0.4) is 0 Å². The number of aromatic nitrogens is 1. The summed E-state index contributed by atoms with van der Waals surface area (Å²) < 4.78 is 0. The second kappa shape index (κ2) is 3.47. The molecule has 0 radical (unpaired) electrons. The number of rotatable bonds is 2. The molecule has 2 amide bonds. The first-order chi connectivity index (χ1) is 7.75. The SMILES string of the molecule is C[C@@H]1CNC(=O)N1c1ccc(C2CC2)nc1. The Bertz CT molecular complexity index is 411. The number of carbonyl (C=O) groups excluding carboxylic acids is 1. The van der Waals surface area contributed by atoms with Gasteiger partial charge in [0, 0.05) is 18.2 Å². The Hall–Kier alpha value is -1.58. The monoisotopic (exact) mass is 217 g/mol. The predicted octanol–water partition coefficient (Wildman–Crippen LogP) is 1.88. The third kappa shape index (κ3) is 1.54. The maximum Gasteiger partial charge on any atom is 0.322 e. The van der Waals surface area contributed by atoms with Gasteiger partial charge in [0.05, 0.1) is 17.9 Å². The van der Waals surface area contributed by atoms with E-state index in [1.54, 1.807) is 4.90 Å². The zero-order chi connectivity index (χ0) is 11.1. The Balaban J connectivity index is 1.85. The standard InChI is InChI=1S/C12H15N3O/c1-8-6-14-12(16)15(8)10-4-5-11(13-7-10)9-2-3-9/h4-5,7-9H,2-3,6H2,1H3,(H,14,16)/t8-/m1/s1. The van der Waals surface area contributed by atoms with Gasteiger partial charge in [-0.2, -0.15) is 0 Å². The number of hydrogen-bond acceptors (Lipinski definition) is 2. The van der Waals surface area contributed by atoms with Crippen LogP contribution in [0, 0.1) is 0 Å². The molecule has 1 aliphatic heterocycles. The fraction of sp³-hybridized carbons (Fsp3) is 0.500. The summed E-state index contributed by atoms with van der Waals surface area (Å²) in [5.74, 6) is 0.666. The number of anilines is 1. The number of hydrogen-bond donors (Lipinski definition) is 1. The Morgan fingerprint density at radius 1 is 1.44 bits per heavy atom. The van der Waals surface area contributed by atoms with Crippen LogP contribution in [0.1, 0.15) is 31.4 Å². The lowest BCUT2D eigenvalue weighted by Crippen LogP contribution is -2.32. The molecule has 1 aliphatic carbocycles. The van der Waals surface area contributed by atoms with Gasteiger partial charge in [0.2, 0.25) is 0 Å². The number of urea groups is 1. The smallest absolute Gasteiger partial charge is 0.322 e. The van der Waals surface area contributed by atoms with E-state index in [2.05, 4.69) is 10.3 Å². The van der Waals surface area contributed by atoms with Gasteiger partial charge >= 0.3 is 6.03 Å². The van der Waals surface area contributed by atoms with E-state index in [9.17, 15) is 4.79 Å². The van der Waals surface area contributed by atoms with Gasteiger partial charge in [-0.15, -0.1) is 0 Å². The molecule has 16 heavy (non-hydrogen) atoms. The van der Waals surface area contributed by atoms with Crippen molar-refractivity contribution in [3.05, 3.63) is 24.0 Å². The lowest BCUT2D eigenvalue weighted by molar-refractivity contribution is 0.252. The molecule has 1 saturated carbocycles. The molecular weight excluding hydrogens is 202 g/mol. The largest absolute Gasteiger partial charge is 0.336 e. The van der Waals surface area contributed by atoms with Crippen molar-refractivity contribution >= 4 is 11.7 Å². The molecule has 3 rings (SSSR count). The second-order valence-corrected chi connectivity index (χ2v) is 4.62. The van der Waals surface area contributed by atoms with Crippen molar-refractivity contribution in [2.75, 3.05) is 11.4 Å². The van der Waals surface area contributed by atoms with Crippen molar-refractivity contribution in [3.8, 4) is 0 Å². The average Bonchev–Trinajstić information content (AvgIpc) is 3.07. The van der Waals surface area contributed by atoms with Gasteiger partial charge in [0.1, 0.15) is 0 Å². The first-order valence-corrected chi connectivity index (χ1v) is 5.79. The third-order valence-corrected chi connectivity index (χ3v) is 3.25. The summed E-state index contributed by atoms with van der Waals surface area (Å²) in [7, 11) is 0. The molecule has 0 unspecified atom stereocenters. The zero-order valence-electron chi connectivity index (χ0n) is 9.31. The lowest BCUT2D eigenvalue weighted by atomic mass is 10.2. The molecule has 2 fully saturated rings. The predicted molar refractivity (Wildman–Crippen MR) is 61.6 cm³/mol. The van der Waals surface area contributed by atoms with Crippen LogP contribution in [0.15, 0.2) is 18.3 Å². The number of pyridine rings is 1. The number of nitrogens with zero attached hydrogens (tertiary/aromatic N) is 2. The van der Waals surface area contributed by atoms with Crippen molar-refractivity contribution in [2.45, 2.75) is 31.7 Å². The molecule has 1 saturated heterocycles. The Kier molecular flexibility index (Phi) is 2.09. The van der Waals surface area contributed by atoms with E-state index < -0.39 is 0 Å². The Morgan fingerprint density at radius 2 is 2.25 bits per heavy atom. The van der Waals surface area contributed by atoms with Gasteiger partial charge < -0.3 is 5.32 Å². The van der Waals surface area contributed by atoms with Gasteiger partial charge in [0.25, 0.3) is 0 Å². The molecule has 2 heterocycles. The highest BCUT2D eigenvalue weighted by molar-refractivity contribution is 5.94. The van der Waals surface area contributed by atoms with Crippen molar-refractivity contribution in [2.24, 2.45) is 0 Å². The van der Waals surface area contributed by atoms with E-state index in [0.29, 0.717) is 12.5 Å². The molecule has 1 N–H and O–H groups in total. The highest BCUT2D eigenvalue weighted by Crippen LogP contribution is 2.39. The van der Waals surface area contributed by atoms with E-state index in [0.717, 1.165) is 11.4 Å². The summed E-state index contributed by atoms with van der Waals surface area (Å²) in [6.07, 6.45) is 4.33. The molecule has 0 aromatic carbocycles. The van der Waals surface area contributed by atoms with Crippen LogP contribution < -0.4 is 10.2 Å². The number of amides is 2. The maximum atomic E-state index is 11.6. The highest BCUT2D eigenvalue weighted by Gasteiger charge is 2.29. The topological polar surface area (TPSA) is 45.2 Å². The molecule has 4 heteroatoms. The summed E-state index contributed by atoms with van der Waals surface area (Å²) in [5, 5.41) is 2.83. The van der Waals surface area contributed by atoms with Crippen molar-refractivity contribution < 1.29 is 4.79 Å². The molecule has 1 aromatic heterocycles. The molecule has 0 bridgehead atoms. The van der Waals surface area contributed by atoms with Crippen LogP contribution in [0.4, 0.5) is 10.5 Å². The maximum absolute atomic E-state index is 11.6. The third-order valence-electron chi connectivity index (χ3n) is 3.25. The summed E-state index contributed by atoms with van der Waals surface area (Å²) in [6.45, 7) is 2.75. The van der Waals surface area contributed by atoms with Gasteiger partial charge in [-0.05, 0) is 31.9 Å². The summed E-state index contributed by atoms with van der Waals surface area (Å²) >= 11 is 0. The van der Waals surface area contributed by atoms with Gasteiger partial charge in [0.15, 0.2) is 0 Å². The van der Waals surface area contributed by atoms with E-state index in [-0.39, 0.29) is 12.1 Å². The van der Waals surface area contributed by atoms with Crippen LogP contribution in [0.5, 0.6) is 0 Å². The second-order valence-electron chi connectivity index (χ2n) is 4.62. The minimum Gasteiger partial charge on any atom is -0.336 e. The van der Waals surface area contributed by atoms with Crippen LogP contribution in [0.2, 0.25) is 0 Å². The number of nitrogens with one attached hydrogen (secondary N) is 1. The van der Waals surface area contributed by atoms with Gasteiger partial charge in [-0.25, -0.2) is 4.79 Å². The zero-order valence-corrected chi connectivity index (χ0v) is 9.31. The quantitative estimate of drug-likeness (QED) is 0.822. The van der Waals surface area contributed by atoms with Crippen LogP contribution in [-0.4, -0.2) is 23.6 Å². The average molecular weight is 217 g/mol. The summed E-state index contributed by atoms with van der Waals surface area (Å²) in [4.78, 5) is 17.8. The van der Waals surface area contributed by atoms with Crippen molar-refractivity contribution in [1.82, 2.24) is 10.3 Å². The number of carbonyl (C=O) groups is 1. The minimum absolute atomic E-state index is 0.0199. The fourth-order valence-corrected chi connectivity index (χ4v) is 2.14. The fourth-order valence-electron chi connectivity index (χ4n) is 2.14. The van der Waals surface area contributed by atoms with Crippen LogP contribution in [-0.2, 0) is 0 Å². The lowest BCUT2D eigenvalue weighted by Gasteiger charge is -2.19. The molecule has 1 atom stereocenters. The summed E-state index contributed by atoms with van der Waals surface area (Å²) in [5.41, 5.74) is 2.06. The molecule has 1 aromatic rings. The Labute approximate surface area is 94.7 Å². The Morgan fingerprint density at radius 3 is 2.75 bits per heavy atom. The van der Waals surface area contributed by atoms with E-state index in [1.165, 1.54) is 12.8 Å². The van der Waals surface area contributed by atoms with Gasteiger partial charge in [-0.1, -0.05) is 0 Å². The molecule has 4 nitrogen and oxygen atoms in total. The molecular formula is C12H15N3O. The van der Waals surface area contributed by atoms with Crippen LogP contribution in [0.25, 0.3) is 0 Å². The molecule has 84 valence electrons. The first kappa shape index (κ1) is 9.63. The van der Waals surface area contributed by atoms with E-state index in [1.807, 2.05) is 25.3 Å². The van der Waals surface area contributed by atoms with Crippen molar-refractivity contribution in [3.63, 3.8) is 0 Å². The van der Waals surface area contributed by atoms with Gasteiger partial charge in [-0.3, -0.25) is 9.88 Å². The first-order valence-electron chi connectivity index (χ1n) is 5.79. The molecule has 2 aliphatic rings. The molecule has 0 spiro atoms.